The molecule has 1 aromatic heterocycles. The average Bonchev–Trinajstić information content (AvgIpc) is 3.07. The van der Waals surface area contributed by atoms with E-state index in [1.54, 1.807) is 0 Å². The standard InChI is InChI=1S/C15H13BrN2O/c1-17-14(19)12-3-2-8-18(12)13-9-10(16)4-5-11(13)15(17)6-7-15/h2-5,8-9H,6-7H2,1H3. The smallest absolute Gasteiger partial charge is 0.271 e. The van der Waals surface area contributed by atoms with Crippen LogP contribution < -0.4 is 0 Å². The van der Waals surface area contributed by atoms with Crippen LogP contribution in [0.4, 0.5) is 0 Å². The molecule has 1 spiro atoms. The maximum absolute atomic E-state index is 12.6. The quantitative estimate of drug-likeness (QED) is 0.732. The molecule has 1 amide bonds. The van der Waals surface area contributed by atoms with Crippen LogP contribution in [-0.2, 0) is 5.54 Å². The first-order chi connectivity index (χ1) is 9.13. The number of aromatic nitrogens is 1. The van der Waals surface area contributed by atoms with Crippen LogP contribution in [0.3, 0.4) is 0 Å². The fourth-order valence-electron chi connectivity index (χ4n) is 3.13. The van der Waals surface area contributed by atoms with E-state index in [0.29, 0.717) is 0 Å². The van der Waals surface area contributed by atoms with Gasteiger partial charge in [-0.2, -0.15) is 0 Å². The van der Waals surface area contributed by atoms with Crippen LogP contribution in [-0.4, -0.2) is 22.4 Å². The van der Waals surface area contributed by atoms with Crippen molar-refractivity contribution in [2.75, 3.05) is 7.05 Å². The van der Waals surface area contributed by atoms with Gasteiger partial charge in [0.1, 0.15) is 5.69 Å². The van der Waals surface area contributed by atoms with Crippen molar-refractivity contribution in [3.05, 3.63) is 52.3 Å². The van der Waals surface area contributed by atoms with Crippen LogP contribution in [0, 0.1) is 0 Å². The number of carbonyl (C=O) groups is 1. The molecule has 3 nitrogen and oxygen atoms in total. The monoisotopic (exact) mass is 316 g/mol. The number of carbonyl (C=O) groups excluding carboxylic acids is 1. The van der Waals surface area contributed by atoms with E-state index >= 15 is 0 Å². The molecule has 0 saturated heterocycles. The molecule has 4 rings (SSSR count). The van der Waals surface area contributed by atoms with Gasteiger partial charge >= 0.3 is 0 Å². The van der Waals surface area contributed by atoms with Crippen LogP contribution in [0.5, 0.6) is 0 Å². The first kappa shape index (κ1) is 11.3. The van der Waals surface area contributed by atoms with Crippen LogP contribution in [0.25, 0.3) is 5.69 Å². The van der Waals surface area contributed by atoms with Gasteiger partial charge in [-0.15, -0.1) is 0 Å². The lowest BCUT2D eigenvalue weighted by Gasteiger charge is -2.27. The Bertz CT molecular complexity index is 700. The first-order valence-electron chi connectivity index (χ1n) is 6.39. The minimum Gasteiger partial charge on any atom is -0.331 e. The van der Waals surface area contributed by atoms with Gasteiger partial charge in [-0.3, -0.25) is 4.79 Å². The highest BCUT2D eigenvalue weighted by Gasteiger charge is 2.53. The Morgan fingerprint density at radius 1 is 1.26 bits per heavy atom. The highest BCUT2D eigenvalue weighted by molar-refractivity contribution is 9.10. The van der Waals surface area contributed by atoms with Gasteiger partial charge in [0, 0.05) is 23.3 Å². The van der Waals surface area contributed by atoms with E-state index in [1.807, 2.05) is 34.8 Å². The maximum atomic E-state index is 12.6. The van der Waals surface area contributed by atoms with Gasteiger partial charge in [-0.05, 0) is 37.1 Å². The predicted molar refractivity (Wildman–Crippen MR) is 76.5 cm³/mol. The molecule has 0 unspecified atom stereocenters. The van der Waals surface area contributed by atoms with E-state index < -0.39 is 0 Å². The molecule has 0 radical (unpaired) electrons. The predicted octanol–water partition coefficient (Wildman–Crippen LogP) is 3.31. The Morgan fingerprint density at radius 3 is 2.79 bits per heavy atom. The normalized spacial score (nSPS) is 19.1. The summed E-state index contributed by atoms with van der Waals surface area (Å²) in [6, 6.07) is 10.1. The Morgan fingerprint density at radius 2 is 2.05 bits per heavy atom. The molecule has 19 heavy (non-hydrogen) atoms. The third-order valence-electron chi connectivity index (χ3n) is 4.36. The number of amides is 1. The number of nitrogens with zero attached hydrogens (tertiary/aromatic N) is 2. The van der Waals surface area contributed by atoms with E-state index in [2.05, 4.69) is 34.1 Å². The van der Waals surface area contributed by atoms with Gasteiger partial charge < -0.3 is 9.47 Å². The first-order valence-corrected chi connectivity index (χ1v) is 7.19. The van der Waals surface area contributed by atoms with Gasteiger partial charge in [0.2, 0.25) is 0 Å². The van der Waals surface area contributed by atoms with Gasteiger partial charge in [0.05, 0.1) is 11.2 Å². The topological polar surface area (TPSA) is 25.2 Å². The highest BCUT2D eigenvalue weighted by Crippen LogP contribution is 2.54. The molecular formula is C15H13BrN2O. The zero-order valence-electron chi connectivity index (χ0n) is 10.6. The molecule has 0 bridgehead atoms. The summed E-state index contributed by atoms with van der Waals surface area (Å²) in [6.07, 6.45) is 4.07. The second-order valence-corrected chi connectivity index (χ2v) is 6.24. The van der Waals surface area contributed by atoms with Gasteiger partial charge in [0.15, 0.2) is 0 Å². The Kier molecular flexibility index (Phi) is 2.09. The zero-order valence-corrected chi connectivity index (χ0v) is 12.1. The van der Waals surface area contributed by atoms with Gasteiger partial charge in [-0.25, -0.2) is 0 Å². The molecule has 0 atom stereocenters. The molecule has 0 N–H and O–H groups in total. The SMILES string of the molecule is CN1C(=O)c2cccn2-c2cc(Br)ccc2C12CC2. The largest absolute Gasteiger partial charge is 0.331 e. The second-order valence-electron chi connectivity index (χ2n) is 5.32. The van der Waals surface area contributed by atoms with Crippen LogP contribution in [0.2, 0.25) is 0 Å². The van der Waals surface area contributed by atoms with Crippen LogP contribution in [0.1, 0.15) is 28.9 Å². The van der Waals surface area contributed by atoms with Crippen molar-refractivity contribution < 1.29 is 4.79 Å². The molecule has 2 aliphatic rings. The zero-order chi connectivity index (χ0) is 13.2. The molecule has 1 aliphatic carbocycles. The lowest BCUT2D eigenvalue weighted by Crippen LogP contribution is -2.36. The fraction of sp³-hybridized carbons (Fsp3) is 0.267. The van der Waals surface area contributed by atoms with E-state index in [9.17, 15) is 4.79 Å². The maximum Gasteiger partial charge on any atom is 0.271 e. The van der Waals surface area contributed by atoms with E-state index in [0.717, 1.165) is 28.7 Å². The van der Waals surface area contributed by atoms with Crippen LogP contribution in [0.15, 0.2) is 41.0 Å². The van der Waals surface area contributed by atoms with Crippen LogP contribution >= 0.6 is 15.9 Å². The second kappa shape index (κ2) is 3.51. The number of hydrogen-bond donors (Lipinski definition) is 0. The molecule has 1 aliphatic heterocycles. The minimum atomic E-state index is -0.0911. The van der Waals surface area contributed by atoms with E-state index in [4.69, 9.17) is 0 Å². The third kappa shape index (κ3) is 1.35. The number of benzene rings is 1. The van der Waals surface area contributed by atoms with Crippen molar-refractivity contribution in [1.82, 2.24) is 9.47 Å². The summed E-state index contributed by atoms with van der Waals surface area (Å²) in [7, 11) is 1.92. The number of halogens is 1. The molecule has 2 aromatic rings. The molecular weight excluding hydrogens is 304 g/mol. The third-order valence-corrected chi connectivity index (χ3v) is 4.85. The lowest BCUT2D eigenvalue weighted by molar-refractivity contribution is 0.0705. The summed E-state index contributed by atoms with van der Waals surface area (Å²) in [6.45, 7) is 0. The summed E-state index contributed by atoms with van der Waals surface area (Å²) in [5.41, 5.74) is 3.02. The molecule has 96 valence electrons. The summed E-state index contributed by atoms with van der Waals surface area (Å²) in [5.74, 6) is 0.106. The highest BCUT2D eigenvalue weighted by atomic mass is 79.9. The van der Waals surface area contributed by atoms with Crippen molar-refractivity contribution in [2.24, 2.45) is 0 Å². The van der Waals surface area contributed by atoms with Crippen molar-refractivity contribution in [3.63, 3.8) is 0 Å². The van der Waals surface area contributed by atoms with Gasteiger partial charge in [0.25, 0.3) is 5.91 Å². The van der Waals surface area contributed by atoms with Gasteiger partial charge in [-0.1, -0.05) is 22.0 Å². The summed E-state index contributed by atoms with van der Waals surface area (Å²) < 4.78 is 3.05. The summed E-state index contributed by atoms with van der Waals surface area (Å²) >= 11 is 3.53. The molecule has 1 saturated carbocycles. The summed E-state index contributed by atoms with van der Waals surface area (Å²) in [5, 5.41) is 0. The Balaban J connectivity index is 2.09. The van der Waals surface area contributed by atoms with Crippen molar-refractivity contribution in [1.29, 1.82) is 0 Å². The molecule has 2 heterocycles. The van der Waals surface area contributed by atoms with E-state index in [1.165, 1.54) is 5.56 Å². The Hall–Kier alpha value is -1.55. The molecule has 1 fully saturated rings. The lowest BCUT2D eigenvalue weighted by atomic mass is 10.0. The summed E-state index contributed by atoms with van der Waals surface area (Å²) in [4.78, 5) is 14.5. The fourth-order valence-corrected chi connectivity index (χ4v) is 3.48. The molecule has 4 heteroatoms. The number of fused-ring (bicyclic) bond motifs is 4. The number of rotatable bonds is 0. The van der Waals surface area contributed by atoms with Crippen molar-refractivity contribution >= 4 is 21.8 Å². The molecule has 1 aromatic carbocycles. The minimum absolute atomic E-state index is 0.0911. The van der Waals surface area contributed by atoms with Crippen molar-refractivity contribution in [3.8, 4) is 5.69 Å². The Labute approximate surface area is 120 Å². The number of hydrogen-bond acceptors (Lipinski definition) is 1. The average molecular weight is 317 g/mol. The van der Waals surface area contributed by atoms with E-state index in [-0.39, 0.29) is 11.4 Å². The van der Waals surface area contributed by atoms with Crippen molar-refractivity contribution in [2.45, 2.75) is 18.4 Å².